The summed E-state index contributed by atoms with van der Waals surface area (Å²) in [6.45, 7) is 6.97. The number of hydrogen-bond acceptors (Lipinski definition) is 1. The van der Waals surface area contributed by atoms with E-state index in [9.17, 15) is 0 Å². The molecule has 10 heavy (non-hydrogen) atoms. The van der Waals surface area contributed by atoms with E-state index in [-0.39, 0.29) is 0 Å². The van der Waals surface area contributed by atoms with Crippen LogP contribution in [-0.2, 0) is 0 Å². The van der Waals surface area contributed by atoms with Crippen LogP contribution in [0.5, 0.6) is 0 Å². The van der Waals surface area contributed by atoms with Crippen molar-refractivity contribution >= 4 is 0 Å². The predicted molar refractivity (Wildman–Crippen MR) is 45.0 cm³/mol. The first-order valence-corrected chi connectivity index (χ1v) is 4.32. The van der Waals surface area contributed by atoms with E-state index in [0.717, 1.165) is 11.8 Å². The SMILES string of the molecule is CNC1(C(C)C)CCC1C. The highest BCUT2D eigenvalue weighted by molar-refractivity contribution is 5.02. The maximum absolute atomic E-state index is 3.46. The van der Waals surface area contributed by atoms with Crippen molar-refractivity contribution in [3.63, 3.8) is 0 Å². The van der Waals surface area contributed by atoms with Crippen LogP contribution in [-0.4, -0.2) is 12.6 Å². The molecule has 60 valence electrons. The minimum absolute atomic E-state index is 0.472. The van der Waals surface area contributed by atoms with Gasteiger partial charge in [0.1, 0.15) is 0 Å². The van der Waals surface area contributed by atoms with E-state index in [4.69, 9.17) is 0 Å². The fourth-order valence-corrected chi connectivity index (χ4v) is 2.26. The Bertz CT molecular complexity index is 109. The minimum Gasteiger partial charge on any atom is -0.314 e. The van der Waals surface area contributed by atoms with E-state index in [1.54, 1.807) is 0 Å². The lowest BCUT2D eigenvalue weighted by Gasteiger charge is -2.51. The quantitative estimate of drug-likeness (QED) is 0.620. The van der Waals surface area contributed by atoms with Gasteiger partial charge in [0.05, 0.1) is 0 Å². The van der Waals surface area contributed by atoms with Gasteiger partial charge in [-0.25, -0.2) is 0 Å². The molecule has 1 fully saturated rings. The molecule has 2 atom stereocenters. The molecule has 0 heterocycles. The van der Waals surface area contributed by atoms with E-state index in [1.807, 2.05) is 0 Å². The Hall–Kier alpha value is -0.0400. The van der Waals surface area contributed by atoms with Crippen LogP contribution in [0.25, 0.3) is 0 Å². The normalized spacial score (nSPS) is 39.9. The second-order valence-electron chi connectivity index (χ2n) is 3.88. The van der Waals surface area contributed by atoms with Gasteiger partial charge in [0.25, 0.3) is 0 Å². The molecule has 1 nitrogen and oxygen atoms in total. The van der Waals surface area contributed by atoms with Gasteiger partial charge >= 0.3 is 0 Å². The highest BCUT2D eigenvalue weighted by Gasteiger charge is 2.44. The van der Waals surface area contributed by atoms with Crippen molar-refractivity contribution in [3.05, 3.63) is 0 Å². The molecule has 0 aromatic rings. The van der Waals surface area contributed by atoms with Crippen LogP contribution < -0.4 is 5.32 Å². The summed E-state index contributed by atoms with van der Waals surface area (Å²) >= 11 is 0. The van der Waals surface area contributed by atoms with Crippen LogP contribution in [0.2, 0.25) is 0 Å². The molecule has 1 aliphatic carbocycles. The Kier molecular flexibility index (Phi) is 2.04. The number of nitrogens with one attached hydrogen (secondary N) is 1. The van der Waals surface area contributed by atoms with Crippen LogP contribution in [0.3, 0.4) is 0 Å². The molecule has 2 unspecified atom stereocenters. The molecule has 0 radical (unpaired) electrons. The summed E-state index contributed by atoms with van der Waals surface area (Å²) in [6, 6.07) is 0. The third-order valence-corrected chi connectivity index (χ3v) is 3.37. The van der Waals surface area contributed by atoms with Gasteiger partial charge in [-0.2, -0.15) is 0 Å². The van der Waals surface area contributed by atoms with Gasteiger partial charge in [-0.3, -0.25) is 0 Å². The standard InChI is InChI=1S/C9H19N/c1-7(2)9(10-4)6-5-8(9)3/h7-8,10H,5-6H2,1-4H3. The van der Waals surface area contributed by atoms with Crippen molar-refractivity contribution in [1.82, 2.24) is 5.32 Å². The summed E-state index contributed by atoms with van der Waals surface area (Å²) in [7, 11) is 2.09. The average Bonchev–Trinajstić information content (AvgIpc) is 1.86. The first-order valence-electron chi connectivity index (χ1n) is 4.32. The molecule has 0 amide bonds. The predicted octanol–water partition coefficient (Wildman–Crippen LogP) is 2.03. The van der Waals surface area contributed by atoms with Crippen molar-refractivity contribution in [2.24, 2.45) is 11.8 Å². The van der Waals surface area contributed by atoms with Gasteiger partial charge in [0.2, 0.25) is 0 Å². The fraction of sp³-hybridized carbons (Fsp3) is 1.00. The maximum atomic E-state index is 3.46. The van der Waals surface area contributed by atoms with Crippen molar-refractivity contribution in [2.75, 3.05) is 7.05 Å². The average molecular weight is 141 g/mol. The van der Waals surface area contributed by atoms with Gasteiger partial charge < -0.3 is 5.32 Å². The molecular formula is C9H19N. The summed E-state index contributed by atoms with van der Waals surface area (Å²) in [5.41, 5.74) is 0.472. The Morgan fingerprint density at radius 2 is 2.10 bits per heavy atom. The summed E-state index contributed by atoms with van der Waals surface area (Å²) < 4.78 is 0. The highest BCUT2D eigenvalue weighted by Crippen LogP contribution is 2.42. The van der Waals surface area contributed by atoms with Crippen LogP contribution in [0.1, 0.15) is 33.6 Å². The van der Waals surface area contributed by atoms with Crippen molar-refractivity contribution < 1.29 is 0 Å². The summed E-state index contributed by atoms with van der Waals surface area (Å²) in [4.78, 5) is 0. The molecule has 0 aromatic heterocycles. The molecule has 1 rings (SSSR count). The molecule has 0 spiro atoms. The molecule has 0 aromatic carbocycles. The number of rotatable bonds is 2. The topological polar surface area (TPSA) is 12.0 Å². The van der Waals surface area contributed by atoms with Crippen molar-refractivity contribution in [3.8, 4) is 0 Å². The number of hydrogen-bond donors (Lipinski definition) is 1. The summed E-state index contributed by atoms with van der Waals surface area (Å²) in [5, 5.41) is 3.46. The van der Waals surface area contributed by atoms with Gasteiger partial charge in [-0.15, -0.1) is 0 Å². The zero-order valence-electron chi connectivity index (χ0n) is 7.57. The maximum Gasteiger partial charge on any atom is 0.0227 e. The smallest absolute Gasteiger partial charge is 0.0227 e. The third kappa shape index (κ3) is 0.878. The lowest BCUT2D eigenvalue weighted by Crippen LogP contribution is -2.59. The van der Waals surface area contributed by atoms with Crippen LogP contribution in [0.4, 0.5) is 0 Å². The molecule has 1 aliphatic rings. The second-order valence-corrected chi connectivity index (χ2v) is 3.88. The van der Waals surface area contributed by atoms with E-state index in [2.05, 4.69) is 33.1 Å². The van der Waals surface area contributed by atoms with Gasteiger partial charge in [0, 0.05) is 5.54 Å². The van der Waals surface area contributed by atoms with Gasteiger partial charge in [-0.05, 0) is 31.7 Å². The first kappa shape index (κ1) is 8.06. The molecule has 0 bridgehead atoms. The summed E-state index contributed by atoms with van der Waals surface area (Å²) in [5.74, 6) is 1.65. The Balaban J connectivity index is 2.60. The largest absolute Gasteiger partial charge is 0.314 e. The molecular weight excluding hydrogens is 122 g/mol. The fourth-order valence-electron chi connectivity index (χ4n) is 2.26. The summed E-state index contributed by atoms with van der Waals surface area (Å²) in [6.07, 6.45) is 2.77. The monoisotopic (exact) mass is 141 g/mol. The highest BCUT2D eigenvalue weighted by atomic mass is 15.0. The van der Waals surface area contributed by atoms with E-state index >= 15 is 0 Å². The van der Waals surface area contributed by atoms with Crippen LogP contribution in [0, 0.1) is 11.8 Å². The molecule has 1 N–H and O–H groups in total. The van der Waals surface area contributed by atoms with E-state index < -0.39 is 0 Å². The van der Waals surface area contributed by atoms with E-state index in [1.165, 1.54) is 12.8 Å². The first-order chi connectivity index (χ1) is 4.63. The zero-order chi connectivity index (χ0) is 7.78. The lowest BCUT2D eigenvalue weighted by molar-refractivity contribution is 0.0561. The Morgan fingerprint density at radius 1 is 1.50 bits per heavy atom. The van der Waals surface area contributed by atoms with Gasteiger partial charge in [-0.1, -0.05) is 20.8 Å². The van der Waals surface area contributed by atoms with Crippen molar-refractivity contribution in [1.29, 1.82) is 0 Å². The van der Waals surface area contributed by atoms with Gasteiger partial charge in [0.15, 0.2) is 0 Å². The van der Waals surface area contributed by atoms with Crippen molar-refractivity contribution in [2.45, 2.75) is 39.2 Å². The second kappa shape index (κ2) is 2.54. The van der Waals surface area contributed by atoms with Crippen LogP contribution in [0.15, 0.2) is 0 Å². The molecule has 0 saturated heterocycles. The third-order valence-electron chi connectivity index (χ3n) is 3.37. The molecule has 0 aliphatic heterocycles. The van der Waals surface area contributed by atoms with Crippen LogP contribution >= 0.6 is 0 Å². The minimum atomic E-state index is 0.472. The Labute approximate surface area is 64.2 Å². The Morgan fingerprint density at radius 3 is 2.10 bits per heavy atom. The van der Waals surface area contributed by atoms with E-state index in [0.29, 0.717) is 5.54 Å². The zero-order valence-corrected chi connectivity index (χ0v) is 7.57. The lowest BCUT2D eigenvalue weighted by atomic mass is 9.62. The molecule has 1 heteroatoms. The molecule has 1 saturated carbocycles.